The number of aryl methyl sites for hydroxylation is 1. The standard InChI is InChI=1S/C42H49FN6O10/c1-22(2)36(47-33(50)11-6-5-8-14-48-34(51)12-13-35(48)52)40(55)45-24(4)39(54)44-21-58-15-9-7-10-26-23(3)30(43)18-31-27(26)16-25-19-49-32(37(25)46-31)17-28-29(41(49)56)20-59-42(57)38(28)53/h12-13,16-18,22,24,36,38,53H,5-11,14-15,19-21H2,1-4H3,(H,44,54)(H,45,55)(H,47,50)/t24-,36-,38-/m0/s1. The zero-order valence-electron chi connectivity index (χ0n) is 33.5. The van der Waals surface area contributed by atoms with E-state index in [2.05, 4.69) is 16.0 Å². The Bertz CT molecular complexity index is 2270. The number of aliphatic hydroxyl groups is 1. The third-order valence-electron chi connectivity index (χ3n) is 10.9. The molecule has 2 aromatic heterocycles. The summed E-state index contributed by atoms with van der Waals surface area (Å²) in [7, 11) is 0. The van der Waals surface area contributed by atoms with Crippen molar-refractivity contribution >= 4 is 46.4 Å². The number of cyclic esters (lactones) is 1. The lowest BCUT2D eigenvalue weighted by atomic mass is 9.95. The van der Waals surface area contributed by atoms with Crippen LogP contribution in [0.15, 0.2) is 35.1 Å². The summed E-state index contributed by atoms with van der Waals surface area (Å²) in [5, 5.41) is 19.2. The molecule has 17 heteroatoms. The lowest BCUT2D eigenvalue weighted by Gasteiger charge is -2.24. The molecule has 3 atom stereocenters. The Morgan fingerprint density at radius 1 is 0.983 bits per heavy atom. The highest BCUT2D eigenvalue weighted by Crippen LogP contribution is 2.37. The number of ether oxygens (including phenoxy) is 2. The fourth-order valence-corrected chi connectivity index (χ4v) is 7.52. The first-order chi connectivity index (χ1) is 28.2. The Labute approximate surface area is 339 Å². The fourth-order valence-electron chi connectivity index (χ4n) is 7.52. The van der Waals surface area contributed by atoms with Gasteiger partial charge in [0, 0.05) is 54.3 Å². The van der Waals surface area contributed by atoms with E-state index in [1.54, 1.807) is 26.8 Å². The lowest BCUT2D eigenvalue weighted by Crippen LogP contribution is -2.54. The molecule has 0 radical (unpaired) electrons. The van der Waals surface area contributed by atoms with Crippen LogP contribution in [0, 0.1) is 18.7 Å². The van der Waals surface area contributed by atoms with Crippen LogP contribution in [0.4, 0.5) is 4.39 Å². The molecule has 0 bridgehead atoms. The average Bonchev–Trinajstić information content (AvgIpc) is 3.72. The van der Waals surface area contributed by atoms with Gasteiger partial charge in [-0.05, 0) is 75.1 Å². The first-order valence-electron chi connectivity index (χ1n) is 19.9. The molecule has 0 unspecified atom stereocenters. The normalized spacial score (nSPS) is 16.5. The van der Waals surface area contributed by atoms with Gasteiger partial charge in [0.25, 0.3) is 17.4 Å². The van der Waals surface area contributed by atoms with E-state index >= 15 is 4.39 Å². The highest BCUT2D eigenvalue weighted by atomic mass is 19.1. The minimum atomic E-state index is -1.57. The minimum absolute atomic E-state index is 0.0986. The second kappa shape index (κ2) is 18.4. The number of hydrogen-bond donors (Lipinski definition) is 4. The number of nitrogens with one attached hydrogen (secondary N) is 3. The molecule has 0 spiro atoms. The maximum Gasteiger partial charge on any atom is 0.340 e. The molecular formula is C42H49FN6O10. The number of benzene rings is 1. The minimum Gasteiger partial charge on any atom is -0.458 e. The predicted molar refractivity (Wildman–Crippen MR) is 211 cm³/mol. The Morgan fingerprint density at radius 3 is 2.46 bits per heavy atom. The number of carbonyl (C=O) groups excluding carboxylic acids is 6. The van der Waals surface area contributed by atoms with Gasteiger partial charge in [-0.3, -0.25) is 33.7 Å². The highest BCUT2D eigenvalue weighted by molar-refractivity contribution is 6.12. The van der Waals surface area contributed by atoms with Gasteiger partial charge in [-0.15, -0.1) is 0 Å². The molecule has 3 aliphatic heterocycles. The number of hydrogen-bond acceptors (Lipinski definition) is 11. The van der Waals surface area contributed by atoms with Gasteiger partial charge in [0.15, 0.2) is 6.10 Å². The Morgan fingerprint density at radius 2 is 1.73 bits per heavy atom. The Kier molecular flexibility index (Phi) is 13.4. The van der Waals surface area contributed by atoms with Crippen LogP contribution in [0.1, 0.15) is 93.2 Å². The van der Waals surface area contributed by atoms with Gasteiger partial charge in [-0.2, -0.15) is 0 Å². The number of rotatable bonds is 18. The number of esters is 1. The van der Waals surface area contributed by atoms with Gasteiger partial charge in [0.05, 0.1) is 29.0 Å². The average molecular weight is 817 g/mol. The number of nitrogens with zero attached hydrogens (tertiary/aromatic N) is 3. The first kappa shape index (κ1) is 42.8. The van der Waals surface area contributed by atoms with E-state index in [4.69, 9.17) is 14.5 Å². The molecule has 59 heavy (non-hydrogen) atoms. The van der Waals surface area contributed by atoms with Crippen molar-refractivity contribution in [2.75, 3.05) is 19.9 Å². The number of pyridine rings is 2. The van der Waals surface area contributed by atoms with Crippen LogP contribution in [0.25, 0.3) is 22.3 Å². The number of unbranched alkanes of at least 4 members (excludes halogenated alkanes) is 3. The van der Waals surface area contributed by atoms with Crippen LogP contribution < -0.4 is 21.5 Å². The summed E-state index contributed by atoms with van der Waals surface area (Å²) < 4.78 is 27.3. The largest absolute Gasteiger partial charge is 0.458 e. The monoisotopic (exact) mass is 816 g/mol. The van der Waals surface area contributed by atoms with Crippen molar-refractivity contribution in [3.63, 3.8) is 0 Å². The van der Waals surface area contributed by atoms with Crippen molar-refractivity contribution in [3.8, 4) is 11.4 Å². The molecule has 314 valence electrons. The molecule has 5 heterocycles. The second-order valence-electron chi connectivity index (χ2n) is 15.4. The van der Waals surface area contributed by atoms with Crippen molar-refractivity contribution in [3.05, 3.63) is 74.3 Å². The molecule has 0 fully saturated rings. The lowest BCUT2D eigenvalue weighted by molar-refractivity contribution is -0.157. The van der Waals surface area contributed by atoms with Crippen LogP contribution >= 0.6 is 0 Å². The summed E-state index contributed by atoms with van der Waals surface area (Å²) in [5.41, 5.74) is 3.41. The van der Waals surface area contributed by atoms with Crippen LogP contribution in [0.2, 0.25) is 0 Å². The molecule has 6 rings (SSSR count). The van der Waals surface area contributed by atoms with Crippen molar-refractivity contribution in [2.45, 2.75) is 104 Å². The molecule has 3 aromatic rings. The van der Waals surface area contributed by atoms with Crippen molar-refractivity contribution in [2.24, 2.45) is 5.92 Å². The predicted octanol–water partition coefficient (Wildman–Crippen LogP) is 2.51. The zero-order valence-corrected chi connectivity index (χ0v) is 33.5. The van der Waals surface area contributed by atoms with Crippen molar-refractivity contribution in [1.29, 1.82) is 0 Å². The van der Waals surface area contributed by atoms with Gasteiger partial charge in [0.1, 0.15) is 31.2 Å². The molecule has 4 N–H and O–H groups in total. The first-order valence-corrected chi connectivity index (χ1v) is 19.9. The van der Waals surface area contributed by atoms with E-state index < -0.39 is 41.8 Å². The highest BCUT2D eigenvalue weighted by Gasteiger charge is 2.34. The fraction of sp³-hybridized carbons (Fsp3) is 0.476. The molecule has 1 aromatic carbocycles. The summed E-state index contributed by atoms with van der Waals surface area (Å²) in [5.74, 6) is -3.46. The Balaban J connectivity index is 0.932. The number of aromatic nitrogens is 2. The summed E-state index contributed by atoms with van der Waals surface area (Å²) in [6.07, 6.45) is 4.49. The third-order valence-corrected chi connectivity index (χ3v) is 10.9. The molecule has 16 nitrogen and oxygen atoms in total. The summed E-state index contributed by atoms with van der Waals surface area (Å²) >= 11 is 0. The van der Waals surface area contributed by atoms with Crippen molar-refractivity contribution < 1.29 is 47.7 Å². The summed E-state index contributed by atoms with van der Waals surface area (Å²) in [4.78, 5) is 92.9. The van der Waals surface area contributed by atoms with Gasteiger partial charge in [-0.25, -0.2) is 14.2 Å². The van der Waals surface area contributed by atoms with E-state index in [0.29, 0.717) is 67.6 Å². The number of carbonyl (C=O) groups is 6. The molecule has 0 saturated heterocycles. The quantitative estimate of drug-likeness (QED) is 0.0496. The smallest absolute Gasteiger partial charge is 0.340 e. The second-order valence-corrected chi connectivity index (χ2v) is 15.4. The van der Waals surface area contributed by atoms with Gasteiger partial charge < -0.3 is 35.1 Å². The maximum atomic E-state index is 15.2. The van der Waals surface area contributed by atoms with Crippen LogP contribution in [0.5, 0.6) is 0 Å². The van der Waals surface area contributed by atoms with E-state index in [1.165, 1.54) is 29.7 Å². The molecule has 5 amide bonds. The van der Waals surface area contributed by atoms with Gasteiger partial charge >= 0.3 is 5.97 Å². The van der Waals surface area contributed by atoms with Gasteiger partial charge in [0.2, 0.25) is 17.7 Å². The van der Waals surface area contributed by atoms with Crippen molar-refractivity contribution in [1.82, 2.24) is 30.4 Å². The SMILES string of the molecule is Cc1c(F)cc2nc3c(cc2c1CCCCOCNC(=O)[C@H](C)NC(=O)[C@@H](NC(=O)CCCCCN1C(=O)C=CC1=O)C(C)C)Cn1c-3cc2c(c1=O)COC(=O)[C@H]2O. The number of halogens is 1. The molecule has 0 saturated carbocycles. The number of fused-ring (bicyclic) bond motifs is 5. The molecular weight excluding hydrogens is 767 g/mol. The van der Waals surface area contributed by atoms with E-state index in [-0.39, 0.29) is 73.2 Å². The van der Waals surface area contributed by atoms with Gasteiger partial charge in [-0.1, -0.05) is 20.3 Å². The van der Waals surface area contributed by atoms with E-state index in [0.717, 1.165) is 21.4 Å². The van der Waals surface area contributed by atoms with Crippen LogP contribution in [0.3, 0.4) is 0 Å². The summed E-state index contributed by atoms with van der Waals surface area (Å²) in [6.45, 7) is 7.29. The molecule has 3 aliphatic rings. The van der Waals surface area contributed by atoms with E-state index in [9.17, 15) is 38.7 Å². The van der Waals surface area contributed by atoms with Crippen LogP contribution in [-0.2, 0) is 57.8 Å². The third kappa shape index (κ3) is 9.41. The Hall–Kier alpha value is -5.81. The maximum absolute atomic E-state index is 15.2. The van der Waals surface area contributed by atoms with Crippen LogP contribution in [-0.4, -0.2) is 87.0 Å². The van der Waals surface area contributed by atoms with E-state index in [1.807, 2.05) is 6.07 Å². The topological polar surface area (TPSA) is 215 Å². The number of aliphatic hydroxyl groups excluding tert-OH is 1. The number of amides is 5. The molecule has 0 aliphatic carbocycles. The summed E-state index contributed by atoms with van der Waals surface area (Å²) in [6, 6.07) is 3.10. The number of imide groups is 1. The zero-order chi connectivity index (χ0) is 42.5.